The number of aliphatic hydroxyl groups excluding tert-OH is 1. The Morgan fingerprint density at radius 3 is 2.21 bits per heavy atom. The Hall–Kier alpha value is -1.50. The topological polar surface area (TPSA) is 129 Å². The van der Waals surface area contributed by atoms with E-state index in [0.29, 0.717) is 5.56 Å². The lowest BCUT2D eigenvalue weighted by Crippen LogP contribution is -2.49. The van der Waals surface area contributed by atoms with Gasteiger partial charge in [0.15, 0.2) is 31.7 Å². The largest absolute Gasteiger partial charge is 0.506 e. The summed E-state index contributed by atoms with van der Waals surface area (Å²) in [6, 6.07) is 4.33. The van der Waals surface area contributed by atoms with Gasteiger partial charge in [0, 0.05) is 0 Å². The monoisotopic (exact) mass is 620 g/mol. The summed E-state index contributed by atoms with van der Waals surface area (Å²) in [5, 5.41) is 50.8. The van der Waals surface area contributed by atoms with Gasteiger partial charge in [0.2, 0.25) is 0 Å². The van der Waals surface area contributed by atoms with Crippen LogP contribution in [0.2, 0.25) is 18.1 Å². The molecule has 1 aliphatic heterocycles. The Bertz CT molecular complexity index is 1070. The van der Waals surface area contributed by atoms with E-state index in [1.165, 1.54) is 12.1 Å². The fourth-order valence-electron chi connectivity index (χ4n) is 3.53. The predicted molar refractivity (Wildman–Crippen MR) is 136 cm³/mol. The molecule has 0 aliphatic carbocycles. The van der Waals surface area contributed by atoms with Gasteiger partial charge in [0.25, 0.3) is 0 Å². The third-order valence-corrected chi connectivity index (χ3v) is 12.4. The summed E-state index contributed by atoms with van der Waals surface area (Å²) in [6.45, 7) is 10.1. The second kappa shape index (κ2) is 9.86. The zero-order chi connectivity index (χ0) is 25.6. The van der Waals surface area contributed by atoms with Crippen LogP contribution in [0.5, 0.6) is 28.7 Å². The van der Waals surface area contributed by atoms with Crippen molar-refractivity contribution in [2.24, 2.45) is 0 Å². The van der Waals surface area contributed by atoms with Gasteiger partial charge in [-0.15, -0.1) is 0 Å². The highest BCUT2D eigenvalue weighted by Gasteiger charge is 2.49. The molecule has 8 nitrogen and oxygen atoms in total. The number of phenols is 4. The van der Waals surface area contributed by atoms with Gasteiger partial charge in [-0.25, -0.2) is 0 Å². The van der Waals surface area contributed by atoms with Crippen molar-refractivity contribution < 1.29 is 39.4 Å². The zero-order valence-corrected chi connectivity index (χ0v) is 23.8. The van der Waals surface area contributed by atoms with Crippen LogP contribution in [0.15, 0.2) is 27.1 Å². The van der Waals surface area contributed by atoms with E-state index < -0.39 is 26.6 Å². The maximum atomic E-state index is 11.0. The maximum Gasteiger partial charge on any atom is 0.192 e. The van der Waals surface area contributed by atoms with Crippen LogP contribution in [-0.2, 0) is 9.16 Å². The van der Waals surface area contributed by atoms with Crippen LogP contribution in [0.25, 0.3) is 0 Å². The maximum absolute atomic E-state index is 11.0. The molecule has 1 aliphatic rings. The molecule has 5 N–H and O–H groups in total. The molecule has 1 heterocycles. The van der Waals surface area contributed by atoms with Crippen molar-refractivity contribution in [3.8, 4) is 28.7 Å². The molecule has 0 radical (unpaired) electrons. The first-order valence-corrected chi connectivity index (χ1v) is 15.2. The number of phenolic OH excluding ortho intramolecular Hbond substituents is 4. The molecular formula is C23H30Br2O8Si. The lowest BCUT2D eigenvalue weighted by atomic mass is 9.91. The average molecular weight is 622 g/mol. The van der Waals surface area contributed by atoms with Crippen molar-refractivity contribution in [2.45, 2.75) is 57.2 Å². The highest BCUT2D eigenvalue weighted by atomic mass is 79.9. The summed E-state index contributed by atoms with van der Waals surface area (Å²) in [5.74, 6) is -0.988. The van der Waals surface area contributed by atoms with E-state index >= 15 is 0 Å². The van der Waals surface area contributed by atoms with Crippen LogP contribution >= 0.6 is 31.9 Å². The molecule has 0 spiro atoms. The zero-order valence-electron chi connectivity index (χ0n) is 19.6. The number of fused-ring (bicyclic) bond motifs is 1. The molecule has 188 valence electrons. The van der Waals surface area contributed by atoms with Crippen LogP contribution in [-0.4, -0.2) is 53.2 Å². The van der Waals surface area contributed by atoms with Gasteiger partial charge in [0.1, 0.15) is 32.7 Å². The first-order chi connectivity index (χ1) is 15.7. The summed E-state index contributed by atoms with van der Waals surface area (Å²) < 4.78 is 19.4. The minimum absolute atomic E-state index is 0.0371. The standard InChI is InChI=1S/C23H30Br2O8Si/c1-23(2,3)34(4,5)33-22-19(11-6-7-12(27)13(28)10-11)32-20-14(21(22)31-9-8-26)17(29)15(24)18(30)16(20)25/h6-7,10,19,21-22,26-30H,8-9H2,1-5H3/t19-,21?,22+/m1/s1. The van der Waals surface area contributed by atoms with Crippen molar-refractivity contribution in [1.82, 2.24) is 0 Å². The molecule has 2 aromatic rings. The van der Waals surface area contributed by atoms with Crippen molar-refractivity contribution in [3.05, 3.63) is 38.3 Å². The van der Waals surface area contributed by atoms with E-state index in [1.807, 2.05) is 0 Å². The molecule has 3 atom stereocenters. The Labute approximate surface area is 216 Å². The van der Waals surface area contributed by atoms with Crippen molar-refractivity contribution in [2.75, 3.05) is 13.2 Å². The highest BCUT2D eigenvalue weighted by molar-refractivity contribution is 9.11. The Morgan fingerprint density at radius 2 is 1.65 bits per heavy atom. The average Bonchev–Trinajstić information content (AvgIpc) is 2.75. The normalized spacial score (nSPS) is 20.6. The van der Waals surface area contributed by atoms with Gasteiger partial charge in [0.05, 0.1) is 18.8 Å². The lowest BCUT2D eigenvalue weighted by molar-refractivity contribution is -0.102. The van der Waals surface area contributed by atoms with Crippen molar-refractivity contribution >= 4 is 40.2 Å². The second-order valence-corrected chi connectivity index (χ2v) is 16.1. The highest BCUT2D eigenvalue weighted by Crippen LogP contribution is 2.57. The summed E-state index contributed by atoms with van der Waals surface area (Å²) in [4.78, 5) is 0. The number of aliphatic hydroxyl groups is 1. The fourth-order valence-corrected chi connectivity index (χ4v) is 5.99. The third-order valence-electron chi connectivity index (χ3n) is 6.40. The van der Waals surface area contributed by atoms with Crippen LogP contribution in [0, 0.1) is 0 Å². The molecule has 0 saturated heterocycles. The molecule has 0 saturated carbocycles. The molecule has 0 amide bonds. The number of ether oxygens (including phenoxy) is 2. The summed E-state index contributed by atoms with van der Waals surface area (Å²) in [6.07, 6.45) is -2.52. The first-order valence-electron chi connectivity index (χ1n) is 10.7. The van der Waals surface area contributed by atoms with E-state index in [0.717, 1.165) is 0 Å². The Morgan fingerprint density at radius 1 is 1.00 bits per heavy atom. The van der Waals surface area contributed by atoms with Gasteiger partial charge < -0.3 is 39.4 Å². The van der Waals surface area contributed by atoms with Crippen molar-refractivity contribution in [3.63, 3.8) is 0 Å². The summed E-state index contributed by atoms with van der Waals surface area (Å²) in [5.41, 5.74) is 0.754. The minimum Gasteiger partial charge on any atom is -0.506 e. The van der Waals surface area contributed by atoms with Crippen LogP contribution in [0.4, 0.5) is 0 Å². The third kappa shape index (κ3) is 4.91. The summed E-state index contributed by atoms with van der Waals surface area (Å²) in [7, 11) is -2.44. The number of halogens is 2. The summed E-state index contributed by atoms with van der Waals surface area (Å²) >= 11 is 6.56. The molecular weight excluding hydrogens is 592 g/mol. The van der Waals surface area contributed by atoms with Gasteiger partial charge in [-0.1, -0.05) is 26.8 Å². The van der Waals surface area contributed by atoms with Crippen LogP contribution in [0.1, 0.15) is 44.1 Å². The molecule has 2 aromatic carbocycles. The Kier molecular flexibility index (Phi) is 7.86. The molecule has 34 heavy (non-hydrogen) atoms. The molecule has 11 heteroatoms. The number of rotatable bonds is 6. The van der Waals surface area contributed by atoms with Gasteiger partial charge >= 0.3 is 0 Å². The second-order valence-electron chi connectivity index (χ2n) is 9.71. The molecule has 1 unspecified atom stereocenters. The van der Waals surface area contributed by atoms with E-state index in [9.17, 15) is 25.5 Å². The van der Waals surface area contributed by atoms with E-state index in [4.69, 9.17) is 13.9 Å². The fraction of sp³-hybridized carbons (Fsp3) is 0.478. The Balaban J connectivity index is 2.27. The predicted octanol–water partition coefficient (Wildman–Crippen LogP) is 5.61. The lowest BCUT2D eigenvalue weighted by Gasteiger charge is -2.46. The number of benzene rings is 2. The molecule has 0 aromatic heterocycles. The number of hydrogen-bond acceptors (Lipinski definition) is 8. The van der Waals surface area contributed by atoms with Gasteiger partial charge in [-0.2, -0.15) is 0 Å². The first kappa shape index (κ1) is 27.1. The van der Waals surface area contributed by atoms with E-state index in [1.54, 1.807) is 6.07 Å². The number of aromatic hydroxyl groups is 4. The van der Waals surface area contributed by atoms with E-state index in [-0.39, 0.29) is 61.5 Å². The number of hydrogen-bond donors (Lipinski definition) is 5. The molecule has 3 rings (SSSR count). The molecule has 0 fully saturated rings. The van der Waals surface area contributed by atoms with E-state index in [2.05, 4.69) is 65.7 Å². The molecule has 0 bridgehead atoms. The van der Waals surface area contributed by atoms with Gasteiger partial charge in [-0.05, 0) is 67.7 Å². The quantitative estimate of drug-likeness (QED) is 0.208. The minimum atomic E-state index is -2.44. The smallest absolute Gasteiger partial charge is 0.192 e. The van der Waals surface area contributed by atoms with Gasteiger partial charge in [-0.3, -0.25) is 0 Å². The van der Waals surface area contributed by atoms with Crippen LogP contribution < -0.4 is 4.74 Å². The van der Waals surface area contributed by atoms with Crippen molar-refractivity contribution in [1.29, 1.82) is 0 Å². The van der Waals surface area contributed by atoms with Crippen LogP contribution in [0.3, 0.4) is 0 Å². The SMILES string of the molecule is CC(C)(C)[Si](C)(C)O[C@@H]1C(OCCO)c2c(O)c(Br)c(O)c(Br)c2O[C@@H]1c1ccc(O)c(O)c1.